The molecule has 11 heteroatoms. The summed E-state index contributed by atoms with van der Waals surface area (Å²) in [5.74, 6) is -1.31. The number of nitrogens with two attached hydrogens (primary N) is 1. The van der Waals surface area contributed by atoms with Crippen LogP contribution in [-0.4, -0.2) is 24.1 Å². The van der Waals surface area contributed by atoms with Gasteiger partial charge in [0.25, 0.3) is 6.43 Å². The molecule has 152 valence electrons. The van der Waals surface area contributed by atoms with E-state index in [0.29, 0.717) is 0 Å². The molecule has 0 spiro atoms. The first-order valence-corrected chi connectivity index (χ1v) is 9.73. The molecule has 0 fully saturated rings. The van der Waals surface area contributed by atoms with Crippen molar-refractivity contribution in [3.8, 4) is 5.69 Å². The fraction of sp³-hybridized carbons (Fsp3) is 0.111. The molecule has 7 nitrogen and oxygen atoms in total. The van der Waals surface area contributed by atoms with E-state index in [1.54, 1.807) is 0 Å². The second-order valence-electron chi connectivity index (χ2n) is 6.06. The number of aromatic nitrogens is 2. The Morgan fingerprint density at radius 2 is 1.93 bits per heavy atom. The van der Waals surface area contributed by atoms with Crippen molar-refractivity contribution in [2.45, 2.75) is 17.7 Å². The van der Waals surface area contributed by atoms with Crippen LogP contribution in [0.25, 0.3) is 5.69 Å². The van der Waals surface area contributed by atoms with Crippen molar-refractivity contribution in [2.24, 2.45) is 5.14 Å². The molecule has 1 heterocycles. The van der Waals surface area contributed by atoms with Gasteiger partial charge in [0.2, 0.25) is 15.9 Å². The van der Waals surface area contributed by atoms with Crippen LogP contribution >= 0.6 is 0 Å². The van der Waals surface area contributed by atoms with Gasteiger partial charge in [-0.1, -0.05) is 24.3 Å². The van der Waals surface area contributed by atoms with Crippen molar-refractivity contribution in [3.05, 3.63) is 71.8 Å². The molecule has 0 radical (unpaired) electrons. The Hall–Kier alpha value is -3.18. The average molecular weight is 424 g/mol. The van der Waals surface area contributed by atoms with Crippen molar-refractivity contribution >= 4 is 21.6 Å². The number of primary sulfonamides is 1. The van der Waals surface area contributed by atoms with E-state index in [0.717, 1.165) is 23.1 Å². The fourth-order valence-corrected chi connectivity index (χ4v) is 3.47. The number of rotatable bonds is 6. The van der Waals surface area contributed by atoms with Crippen molar-refractivity contribution in [1.82, 2.24) is 9.78 Å². The molecule has 29 heavy (non-hydrogen) atoms. The molecule has 1 aromatic heterocycles. The monoisotopic (exact) mass is 424 g/mol. The number of nitrogens with zero attached hydrogens (tertiary/aromatic N) is 2. The number of hydrogen-bond donors (Lipinski definition) is 2. The smallest absolute Gasteiger partial charge is 0.264 e. The number of alkyl halides is 2. The molecule has 3 N–H and O–H groups in total. The van der Waals surface area contributed by atoms with Crippen LogP contribution in [0.1, 0.15) is 17.6 Å². The van der Waals surface area contributed by atoms with Crippen LogP contribution in [-0.2, 0) is 21.2 Å². The topological polar surface area (TPSA) is 107 Å². The predicted molar refractivity (Wildman–Crippen MR) is 98.6 cm³/mol. The quantitative estimate of drug-likeness (QED) is 0.634. The van der Waals surface area contributed by atoms with Gasteiger partial charge in [0.05, 0.1) is 24.5 Å². The fourth-order valence-electron chi connectivity index (χ4n) is 2.73. The summed E-state index contributed by atoms with van der Waals surface area (Å²) < 4.78 is 64.2. The van der Waals surface area contributed by atoms with E-state index in [1.165, 1.54) is 36.4 Å². The normalized spacial score (nSPS) is 11.6. The molecule has 0 saturated carbocycles. The van der Waals surface area contributed by atoms with E-state index in [4.69, 9.17) is 5.14 Å². The van der Waals surface area contributed by atoms with Gasteiger partial charge in [-0.05, 0) is 23.8 Å². The zero-order chi connectivity index (χ0) is 21.2. The minimum Gasteiger partial charge on any atom is -0.326 e. The Morgan fingerprint density at radius 3 is 2.55 bits per heavy atom. The Labute approximate surface area is 164 Å². The minimum atomic E-state index is -4.24. The maximum absolute atomic E-state index is 13.2. The standard InChI is InChI=1S/C18H15F3N4O3S/c19-12-9-23-25(10-12)15-6-5-13(8-16(15)29(22,27)28)24-17(26)7-11-3-1-2-4-14(11)18(20)21/h1-6,8-10,18H,7H2,(H,24,26)(H2,22,27,28). The zero-order valence-electron chi connectivity index (χ0n) is 14.7. The van der Waals surface area contributed by atoms with E-state index in [1.807, 2.05) is 0 Å². The Kier molecular flexibility index (Phi) is 5.71. The lowest BCUT2D eigenvalue weighted by Gasteiger charge is -2.12. The lowest BCUT2D eigenvalue weighted by atomic mass is 10.0. The van der Waals surface area contributed by atoms with Crippen LogP contribution in [0.3, 0.4) is 0 Å². The van der Waals surface area contributed by atoms with Crippen LogP contribution < -0.4 is 10.5 Å². The largest absolute Gasteiger partial charge is 0.326 e. The molecule has 0 unspecified atom stereocenters. The van der Waals surface area contributed by atoms with Crippen LogP contribution in [0.2, 0.25) is 0 Å². The van der Waals surface area contributed by atoms with Crippen molar-refractivity contribution in [3.63, 3.8) is 0 Å². The maximum Gasteiger partial charge on any atom is 0.264 e. The summed E-state index contributed by atoms with van der Waals surface area (Å²) in [4.78, 5) is 11.9. The Balaban J connectivity index is 1.88. The van der Waals surface area contributed by atoms with Crippen molar-refractivity contribution < 1.29 is 26.4 Å². The first kappa shape index (κ1) is 20.6. The summed E-state index contributed by atoms with van der Waals surface area (Å²) >= 11 is 0. The molecule has 0 atom stereocenters. The number of carbonyl (C=O) groups is 1. The highest BCUT2D eigenvalue weighted by Crippen LogP contribution is 2.25. The Morgan fingerprint density at radius 1 is 1.21 bits per heavy atom. The first-order chi connectivity index (χ1) is 13.6. The molecule has 3 rings (SSSR count). The number of nitrogens with one attached hydrogen (secondary N) is 1. The van der Waals surface area contributed by atoms with Gasteiger partial charge in [-0.2, -0.15) is 5.10 Å². The zero-order valence-corrected chi connectivity index (χ0v) is 15.5. The van der Waals surface area contributed by atoms with E-state index in [9.17, 15) is 26.4 Å². The molecule has 0 aliphatic rings. The third kappa shape index (κ3) is 4.81. The number of hydrogen-bond acceptors (Lipinski definition) is 4. The van der Waals surface area contributed by atoms with Crippen LogP contribution in [0.15, 0.2) is 59.8 Å². The van der Waals surface area contributed by atoms with Crippen LogP contribution in [0, 0.1) is 5.82 Å². The molecule has 1 amide bonds. The molecule has 0 bridgehead atoms. The van der Waals surface area contributed by atoms with Gasteiger partial charge < -0.3 is 5.32 Å². The molecule has 0 aliphatic heterocycles. The summed E-state index contributed by atoms with van der Waals surface area (Å²) in [6.07, 6.45) is -1.22. The lowest BCUT2D eigenvalue weighted by Crippen LogP contribution is -2.18. The second kappa shape index (κ2) is 8.05. The van der Waals surface area contributed by atoms with Gasteiger partial charge in [0.1, 0.15) is 4.90 Å². The number of amides is 1. The lowest BCUT2D eigenvalue weighted by molar-refractivity contribution is -0.115. The van der Waals surface area contributed by atoms with E-state index in [-0.39, 0.29) is 28.9 Å². The molecule has 0 saturated heterocycles. The highest BCUT2D eigenvalue weighted by Gasteiger charge is 2.19. The van der Waals surface area contributed by atoms with Crippen molar-refractivity contribution in [1.29, 1.82) is 0 Å². The minimum absolute atomic E-state index is 0.0163. The highest BCUT2D eigenvalue weighted by atomic mass is 32.2. The number of halogens is 3. The summed E-state index contributed by atoms with van der Waals surface area (Å²) in [7, 11) is -4.24. The first-order valence-electron chi connectivity index (χ1n) is 8.18. The number of sulfonamides is 1. The van der Waals surface area contributed by atoms with Gasteiger partial charge in [0, 0.05) is 11.3 Å². The number of carbonyl (C=O) groups excluding carboxylic acids is 1. The Bertz CT molecular complexity index is 1160. The second-order valence-corrected chi connectivity index (χ2v) is 7.58. The third-order valence-electron chi connectivity index (χ3n) is 3.99. The average Bonchev–Trinajstić information content (AvgIpc) is 3.07. The number of benzene rings is 2. The molecule has 0 aliphatic carbocycles. The summed E-state index contributed by atoms with van der Waals surface area (Å²) in [6.45, 7) is 0. The van der Waals surface area contributed by atoms with E-state index < -0.39 is 33.1 Å². The maximum atomic E-state index is 13.2. The van der Waals surface area contributed by atoms with Gasteiger partial charge >= 0.3 is 0 Å². The van der Waals surface area contributed by atoms with Gasteiger partial charge in [-0.15, -0.1) is 0 Å². The highest BCUT2D eigenvalue weighted by molar-refractivity contribution is 7.89. The molecular weight excluding hydrogens is 409 g/mol. The van der Waals surface area contributed by atoms with Crippen LogP contribution in [0.5, 0.6) is 0 Å². The van der Waals surface area contributed by atoms with Gasteiger partial charge in [-0.25, -0.2) is 31.4 Å². The van der Waals surface area contributed by atoms with E-state index >= 15 is 0 Å². The van der Waals surface area contributed by atoms with Gasteiger partial charge in [-0.3, -0.25) is 4.79 Å². The number of anilines is 1. The summed E-state index contributed by atoms with van der Waals surface area (Å²) in [5, 5.41) is 11.4. The van der Waals surface area contributed by atoms with Gasteiger partial charge in [0.15, 0.2) is 5.82 Å². The predicted octanol–water partition coefficient (Wildman–Crippen LogP) is 2.78. The summed E-state index contributed by atoms with van der Waals surface area (Å²) in [5.41, 5.74) is -0.0541. The summed E-state index contributed by atoms with van der Waals surface area (Å²) in [6, 6.07) is 9.34. The third-order valence-corrected chi connectivity index (χ3v) is 4.93. The molecular formula is C18H15F3N4O3S. The molecule has 3 aromatic rings. The van der Waals surface area contributed by atoms with Crippen molar-refractivity contribution in [2.75, 3.05) is 5.32 Å². The van der Waals surface area contributed by atoms with Crippen LogP contribution in [0.4, 0.5) is 18.9 Å². The van der Waals surface area contributed by atoms with E-state index in [2.05, 4.69) is 10.4 Å². The SMILES string of the molecule is NS(=O)(=O)c1cc(NC(=O)Cc2ccccc2C(F)F)ccc1-n1cc(F)cn1. The molecule has 2 aromatic carbocycles.